The van der Waals surface area contributed by atoms with E-state index in [9.17, 15) is 9.18 Å². The second kappa shape index (κ2) is 5.27. The Morgan fingerprint density at radius 2 is 2.00 bits per heavy atom. The molecule has 2 rings (SSSR count). The summed E-state index contributed by atoms with van der Waals surface area (Å²) >= 11 is 0. The molecule has 0 aliphatic rings. The maximum atomic E-state index is 12.7. The molecule has 0 N–H and O–H groups in total. The molecule has 0 aliphatic carbocycles. The van der Waals surface area contributed by atoms with Crippen LogP contribution in [-0.4, -0.2) is 12.2 Å². The molecule has 0 spiro atoms. The van der Waals surface area contributed by atoms with E-state index in [0.29, 0.717) is 11.5 Å². The van der Waals surface area contributed by atoms with Gasteiger partial charge in [-0.2, -0.15) is 0 Å². The topological polar surface area (TPSA) is 51.8 Å². The van der Waals surface area contributed by atoms with Crippen molar-refractivity contribution in [3.05, 3.63) is 48.0 Å². The summed E-state index contributed by atoms with van der Waals surface area (Å²) in [7, 11) is 0. The van der Waals surface area contributed by atoms with Crippen molar-refractivity contribution in [3.8, 4) is 11.3 Å². The highest BCUT2D eigenvalue weighted by molar-refractivity contribution is 5.78. The van der Waals surface area contributed by atoms with Crippen molar-refractivity contribution in [1.29, 1.82) is 0 Å². The molecule has 0 saturated heterocycles. The molecular formula is C13H10FNO3. The average Bonchev–Trinajstić information content (AvgIpc) is 2.78. The number of hydrogen-bond acceptors (Lipinski definition) is 4. The minimum Gasteiger partial charge on any atom is -0.455 e. The molecule has 1 aromatic carbocycles. The van der Waals surface area contributed by atoms with Crippen LogP contribution >= 0.6 is 0 Å². The molecule has 1 aromatic heterocycles. The Hall–Kier alpha value is -2.43. The quantitative estimate of drug-likeness (QED) is 0.476. The van der Waals surface area contributed by atoms with Gasteiger partial charge in [0.05, 0.1) is 0 Å². The predicted octanol–water partition coefficient (Wildman–Crippen LogP) is 2.98. The number of carbonyl (C=O) groups is 1. The summed E-state index contributed by atoms with van der Waals surface area (Å²) in [5.74, 6) is 0.216. The zero-order valence-electron chi connectivity index (χ0n) is 9.59. The Morgan fingerprint density at radius 3 is 2.67 bits per heavy atom. The fraction of sp³-hybridized carbons (Fsp3) is 0.0769. The van der Waals surface area contributed by atoms with Gasteiger partial charge >= 0.3 is 5.97 Å². The van der Waals surface area contributed by atoms with Crippen LogP contribution in [0.15, 0.2) is 46.0 Å². The van der Waals surface area contributed by atoms with Crippen LogP contribution < -0.4 is 0 Å². The Kier molecular flexibility index (Phi) is 3.52. The van der Waals surface area contributed by atoms with Gasteiger partial charge in [0.1, 0.15) is 23.6 Å². The second-order valence-electron chi connectivity index (χ2n) is 3.53. The SMILES string of the molecule is CC(=O)O/N=C/c1ccc(-c2ccc(F)cc2)o1. The zero-order chi connectivity index (χ0) is 13.0. The summed E-state index contributed by atoms with van der Waals surface area (Å²) in [6, 6.07) is 9.32. The number of rotatable bonds is 3. The van der Waals surface area contributed by atoms with E-state index < -0.39 is 5.97 Å². The highest BCUT2D eigenvalue weighted by Crippen LogP contribution is 2.21. The third-order valence-electron chi connectivity index (χ3n) is 2.12. The normalized spacial score (nSPS) is 10.8. The first-order valence-electron chi connectivity index (χ1n) is 5.22. The van der Waals surface area contributed by atoms with Crippen LogP contribution in [0, 0.1) is 5.82 Å². The Labute approximate surface area is 103 Å². The van der Waals surface area contributed by atoms with Crippen LogP contribution in [0.3, 0.4) is 0 Å². The first kappa shape index (κ1) is 12.0. The Bertz CT molecular complexity index is 572. The van der Waals surface area contributed by atoms with E-state index in [1.165, 1.54) is 25.3 Å². The molecule has 2 aromatic rings. The number of carbonyl (C=O) groups excluding carboxylic acids is 1. The van der Waals surface area contributed by atoms with Crippen LogP contribution in [0.1, 0.15) is 12.7 Å². The summed E-state index contributed by atoms with van der Waals surface area (Å²) in [5.41, 5.74) is 0.753. The van der Waals surface area contributed by atoms with E-state index in [2.05, 4.69) is 9.99 Å². The zero-order valence-corrected chi connectivity index (χ0v) is 9.59. The van der Waals surface area contributed by atoms with E-state index >= 15 is 0 Å². The highest BCUT2D eigenvalue weighted by Gasteiger charge is 2.03. The van der Waals surface area contributed by atoms with Gasteiger partial charge < -0.3 is 9.25 Å². The van der Waals surface area contributed by atoms with Crippen molar-refractivity contribution in [2.45, 2.75) is 6.92 Å². The van der Waals surface area contributed by atoms with Gasteiger partial charge in [-0.1, -0.05) is 5.16 Å². The molecule has 0 radical (unpaired) electrons. The van der Waals surface area contributed by atoms with Gasteiger partial charge in [-0.25, -0.2) is 9.18 Å². The van der Waals surface area contributed by atoms with Crippen molar-refractivity contribution < 1.29 is 18.4 Å². The number of oxime groups is 1. The molecule has 1 heterocycles. The van der Waals surface area contributed by atoms with Gasteiger partial charge in [-0.3, -0.25) is 0 Å². The number of nitrogens with zero attached hydrogens (tertiary/aromatic N) is 1. The average molecular weight is 247 g/mol. The van der Waals surface area contributed by atoms with Crippen LogP contribution in [0.5, 0.6) is 0 Å². The minimum atomic E-state index is -0.503. The second-order valence-corrected chi connectivity index (χ2v) is 3.53. The van der Waals surface area contributed by atoms with Crippen LogP contribution in [0.4, 0.5) is 4.39 Å². The van der Waals surface area contributed by atoms with Gasteiger partial charge in [0.15, 0.2) is 0 Å². The predicted molar refractivity (Wildman–Crippen MR) is 63.5 cm³/mol. The highest BCUT2D eigenvalue weighted by atomic mass is 19.1. The molecule has 0 bridgehead atoms. The van der Waals surface area contributed by atoms with Gasteiger partial charge in [0.2, 0.25) is 0 Å². The van der Waals surface area contributed by atoms with Gasteiger partial charge in [-0.15, -0.1) is 0 Å². The molecule has 0 fully saturated rings. The van der Waals surface area contributed by atoms with Crippen molar-refractivity contribution in [2.75, 3.05) is 0 Å². The molecule has 0 atom stereocenters. The molecule has 0 amide bonds. The van der Waals surface area contributed by atoms with E-state index in [4.69, 9.17) is 4.42 Å². The lowest BCUT2D eigenvalue weighted by Gasteiger charge is -1.95. The largest absolute Gasteiger partial charge is 0.455 e. The standard InChI is InChI=1S/C13H10FNO3/c1-9(16)18-15-8-12-6-7-13(17-12)10-2-4-11(14)5-3-10/h2-8H,1H3/b15-8+. The van der Waals surface area contributed by atoms with E-state index in [1.54, 1.807) is 24.3 Å². The van der Waals surface area contributed by atoms with Gasteiger partial charge in [0.25, 0.3) is 0 Å². The van der Waals surface area contributed by atoms with Crippen molar-refractivity contribution in [3.63, 3.8) is 0 Å². The van der Waals surface area contributed by atoms with Crippen molar-refractivity contribution in [2.24, 2.45) is 5.16 Å². The molecule has 4 nitrogen and oxygen atoms in total. The third kappa shape index (κ3) is 3.04. The Balaban J connectivity index is 2.12. The van der Waals surface area contributed by atoms with E-state index in [0.717, 1.165) is 5.56 Å². The lowest BCUT2D eigenvalue weighted by Crippen LogP contribution is -1.90. The molecule has 0 aliphatic heterocycles. The molecule has 0 unspecified atom stereocenters. The van der Waals surface area contributed by atoms with Crippen LogP contribution in [-0.2, 0) is 9.63 Å². The number of furan rings is 1. The summed E-state index contributed by atoms with van der Waals surface area (Å²) < 4.78 is 18.2. The fourth-order valence-electron chi connectivity index (χ4n) is 1.34. The smallest absolute Gasteiger partial charge is 0.331 e. The summed E-state index contributed by atoms with van der Waals surface area (Å²) in [6.07, 6.45) is 1.29. The Morgan fingerprint density at radius 1 is 1.28 bits per heavy atom. The maximum absolute atomic E-state index is 12.7. The molecule has 5 heteroatoms. The van der Waals surface area contributed by atoms with Gasteiger partial charge in [0, 0.05) is 12.5 Å². The molecule has 92 valence electrons. The summed E-state index contributed by atoms with van der Waals surface area (Å²) in [4.78, 5) is 14.9. The number of hydrogen-bond donors (Lipinski definition) is 0. The summed E-state index contributed by atoms with van der Waals surface area (Å²) in [5, 5.41) is 3.43. The fourth-order valence-corrected chi connectivity index (χ4v) is 1.34. The van der Waals surface area contributed by atoms with Crippen molar-refractivity contribution >= 4 is 12.2 Å². The molecular weight excluding hydrogens is 237 g/mol. The molecule has 0 saturated carbocycles. The van der Waals surface area contributed by atoms with E-state index in [-0.39, 0.29) is 5.82 Å². The van der Waals surface area contributed by atoms with Gasteiger partial charge in [-0.05, 0) is 36.4 Å². The lowest BCUT2D eigenvalue weighted by atomic mass is 10.2. The minimum absolute atomic E-state index is 0.304. The number of halogens is 1. The van der Waals surface area contributed by atoms with Crippen LogP contribution in [0.2, 0.25) is 0 Å². The maximum Gasteiger partial charge on any atom is 0.331 e. The monoisotopic (exact) mass is 247 g/mol. The molecule has 18 heavy (non-hydrogen) atoms. The number of benzene rings is 1. The van der Waals surface area contributed by atoms with E-state index in [1.807, 2.05) is 0 Å². The first-order chi connectivity index (χ1) is 8.65. The summed E-state index contributed by atoms with van der Waals surface area (Å²) in [6.45, 7) is 1.25. The first-order valence-corrected chi connectivity index (χ1v) is 5.22. The van der Waals surface area contributed by atoms with Crippen molar-refractivity contribution in [1.82, 2.24) is 0 Å². The third-order valence-corrected chi connectivity index (χ3v) is 2.12. The van der Waals surface area contributed by atoms with Crippen LogP contribution in [0.25, 0.3) is 11.3 Å². The lowest BCUT2D eigenvalue weighted by molar-refractivity contribution is -0.140.